The van der Waals surface area contributed by atoms with Crippen molar-refractivity contribution < 1.29 is 19.2 Å². The van der Waals surface area contributed by atoms with E-state index in [0.717, 1.165) is 11.3 Å². The van der Waals surface area contributed by atoms with Crippen molar-refractivity contribution in [3.8, 4) is 11.5 Å². The fourth-order valence-corrected chi connectivity index (χ4v) is 2.50. The van der Waals surface area contributed by atoms with E-state index in [2.05, 4.69) is 10.5 Å². The first kappa shape index (κ1) is 17.4. The quantitative estimate of drug-likeness (QED) is 0.656. The average molecular weight is 355 g/mol. The molecule has 0 saturated carbocycles. The van der Waals surface area contributed by atoms with Gasteiger partial charge in [-0.25, -0.2) is 5.43 Å². The van der Waals surface area contributed by atoms with Gasteiger partial charge in [0, 0.05) is 18.1 Å². The first-order valence-electron chi connectivity index (χ1n) is 8.05. The Bertz CT molecular complexity index is 865. The van der Waals surface area contributed by atoms with Crippen LogP contribution in [0, 0.1) is 10.1 Å². The van der Waals surface area contributed by atoms with Crippen molar-refractivity contribution in [3.05, 3.63) is 64.2 Å². The number of para-hydroxylation sites is 3. The fourth-order valence-electron chi connectivity index (χ4n) is 2.50. The molecule has 2 aromatic rings. The lowest BCUT2D eigenvalue weighted by Gasteiger charge is -2.19. The predicted octanol–water partition coefficient (Wildman–Crippen LogP) is 2.67. The van der Waals surface area contributed by atoms with Gasteiger partial charge in [-0.05, 0) is 25.1 Å². The third kappa shape index (κ3) is 3.80. The number of carbonyl (C=O) groups excluding carboxylic acids is 1. The fraction of sp³-hybridized carbons (Fsp3) is 0.222. The number of nitrogens with one attached hydrogen (secondary N) is 1. The molecule has 134 valence electrons. The third-order valence-electron chi connectivity index (χ3n) is 3.83. The lowest BCUT2D eigenvalue weighted by atomic mass is 10.0. The Morgan fingerprint density at radius 2 is 2.00 bits per heavy atom. The summed E-state index contributed by atoms with van der Waals surface area (Å²) in [6.45, 7) is 1.98. The Morgan fingerprint density at radius 1 is 1.27 bits per heavy atom. The van der Waals surface area contributed by atoms with Gasteiger partial charge in [-0.15, -0.1) is 0 Å². The average Bonchev–Trinajstić information content (AvgIpc) is 2.66. The number of hydrogen-bond donors (Lipinski definition) is 1. The van der Waals surface area contributed by atoms with E-state index in [4.69, 9.17) is 9.47 Å². The summed E-state index contributed by atoms with van der Waals surface area (Å²) >= 11 is 0. The maximum absolute atomic E-state index is 12.2. The minimum Gasteiger partial charge on any atom is -0.492 e. The smallest absolute Gasteiger partial charge is 0.310 e. The number of hydrazone groups is 1. The first-order chi connectivity index (χ1) is 12.6. The summed E-state index contributed by atoms with van der Waals surface area (Å²) in [4.78, 5) is 22.7. The zero-order chi connectivity index (χ0) is 18.5. The summed E-state index contributed by atoms with van der Waals surface area (Å²) in [5.41, 5.74) is 3.80. The number of ether oxygens (including phenoxy) is 2. The zero-order valence-electron chi connectivity index (χ0n) is 14.0. The van der Waals surface area contributed by atoms with Crippen LogP contribution in [-0.2, 0) is 4.79 Å². The SMILES string of the molecule is CC(Oc1ccccc1[N+](=O)[O-])C(=O)N/N=C1/CCOc2ccccc21. The summed E-state index contributed by atoms with van der Waals surface area (Å²) in [5, 5.41) is 15.2. The molecular weight excluding hydrogens is 338 g/mol. The first-order valence-corrected chi connectivity index (χ1v) is 8.05. The molecule has 0 radical (unpaired) electrons. The summed E-state index contributed by atoms with van der Waals surface area (Å²) < 4.78 is 11.0. The van der Waals surface area contributed by atoms with Crippen molar-refractivity contribution in [1.82, 2.24) is 5.43 Å². The Balaban J connectivity index is 1.69. The highest BCUT2D eigenvalue weighted by molar-refractivity contribution is 6.04. The van der Waals surface area contributed by atoms with Crippen LogP contribution < -0.4 is 14.9 Å². The molecule has 8 nitrogen and oxygen atoms in total. The monoisotopic (exact) mass is 355 g/mol. The van der Waals surface area contributed by atoms with Crippen LogP contribution in [-0.4, -0.2) is 29.3 Å². The number of nitrogens with zero attached hydrogens (tertiary/aromatic N) is 2. The number of rotatable bonds is 5. The summed E-state index contributed by atoms with van der Waals surface area (Å²) in [6.07, 6.45) is -0.382. The number of nitro benzene ring substituents is 1. The molecule has 2 aromatic carbocycles. The molecule has 0 bridgehead atoms. The number of benzene rings is 2. The second-order valence-corrected chi connectivity index (χ2v) is 5.61. The lowest BCUT2D eigenvalue weighted by molar-refractivity contribution is -0.386. The third-order valence-corrected chi connectivity index (χ3v) is 3.83. The van der Waals surface area contributed by atoms with Crippen LogP contribution in [0.3, 0.4) is 0 Å². The van der Waals surface area contributed by atoms with Gasteiger partial charge < -0.3 is 9.47 Å². The van der Waals surface area contributed by atoms with E-state index in [1.54, 1.807) is 6.07 Å². The molecule has 8 heteroatoms. The molecule has 1 atom stereocenters. The molecule has 0 saturated heterocycles. The van der Waals surface area contributed by atoms with Crippen molar-refractivity contribution in [3.63, 3.8) is 0 Å². The van der Waals surface area contributed by atoms with Gasteiger partial charge in [-0.3, -0.25) is 14.9 Å². The Morgan fingerprint density at radius 3 is 2.81 bits per heavy atom. The van der Waals surface area contributed by atoms with E-state index in [0.29, 0.717) is 18.7 Å². The van der Waals surface area contributed by atoms with Crippen LogP contribution in [0.25, 0.3) is 0 Å². The largest absolute Gasteiger partial charge is 0.492 e. The van der Waals surface area contributed by atoms with Gasteiger partial charge in [0.05, 0.1) is 17.2 Å². The van der Waals surface area contributed by atoms with Crippen LogP contribution in [0.5, 0.6) is 11.5 Å². The standard InChI is InChI=1S/C18H17N3O5/c1-12(26-17-9-5-3-7-15(17)21(23)24)18(22)20-19-14-10-11-25-16-8-4-2-6-13(14)16/h2-9,12H,10-11H2,1H3,(H,20,22)/b19-14-. The Kier molecular flexibility index (Phi) is 5.12. The van der Waals surface area contributed by atoms with Gasteiger partial charge in [0.25, 0.3) is 5.91 Å². The second kappa shape index (κ2) is 7.64. The van der Waals surface area contributed by atoms with Crippen LogP contribution in [0.15, 0.2) is 53.6 Å². The summed E-state index contributed by atoms with van der Waals surface area (Å²) in [5.74, 6) is 0.250. The van der Waals surface area contributed by atoms with Crippen LogP contribution in [0.1, 0.15) is 18.9 Å². The van der Waals surface area contributed by atoms with Gasteiger partial charge in [-0.1, -0.05) is 24.3 Å². The lowest BCUT2D eigenvalue weighted by Crippen LogP contribution is -2.34. The topological polar surface area (TPSA) is 103 Å². The minimum atomic E-state index is -0.949. The van der Waals surface area contributed by atoms with Crippen molar-refractivity contribution in [2.75, 3.05) is 6.61 Å². The molecule has 26 heavy (non-hydrogen) atoms. The van der Waals surface area contributed by atoms with Gasteiger partial charge in [0.1, 0.15) is 5.75 Å². The molecule has 1 aliphatic rings. The van der Waals surface area contributed by atoms with Gasteiger partial charge in [0.2, 0.25) is 0 Å². The number of amides is 1. The Hall–Kier alpha value is -3.42. The van der Waals surface area contributed by atoms with Crippen LogP contribution >= 0.6 is 0 Å². The highest BCUT2D eigenvalue weighted by Crippen LogP contribution is 2.27. The van der Waals surface area contributed by atoms with Crippen molar-refractivity contribution in [2.45, 2.75) is 19.4 Å². The summed E-state index contributed by atoms with van der Waals surface area (Å²) in [6, 6.07) is 13.3. The van der Waals surface area contributed by atoms with Gasteiger partial charge in [-0.2, -0.15) is 5.10 Å². The molecule has 1 unspecified atom stereocenters. The van der Waals surface area contributed by atoms with E-state index in [1.165, 1.54) is 25.1 Å². The van der Waals surface area contributed by atoms with E-state index in [-0.39, 0.29) is 11.4 Å². The van der Waals surface area contributed by atoms with Crippen molar-refractivity contribution in [2.24, 2.45) is 5.10 Å². The molecule has 1 amide bonds. The molecule has 0 aliphatic carbocycles. The van der Waals surface area contributed by atoms with Crippen LogP contribution in [0.4, 0.5) is 5.69 Å². The predicted molar refractivity (Wildman–Crippen MR) is 94.4 cm³/mol. The van der Waals surface area contributed by atoms with E-state index >= 15 is 0 Å². The van der Waals surface area contributed by atoms with Crippen LogP contribution in [0.2, 0.25) is 0 Å². The van der Waals surface area contributed by atoms with Gasteiger partial charge >= 0.3 is 5.69 Å². The maximum atomic E-state index is 12.2. The second-order valence-electron chi connectivity index (χ2n) is 5.61. The molecular formula is C18H17N3O5. The van der Waals surface area contributed by atoms with Gasteiger partial charge in [0.15, 0.2) is 11.9 Å². The number of fused-ring (bicyclic) bond motifs is 1. The molecule has 1 aliphatic heterocycles. The van der Waals surface area contributed by atoms with E-state index in [9.17, 15) is 14.9 Å². The number of hydrogen-bond acceptors (Lipinski definition) is 6. The molecule has 1 heterocycles. The number of nitro groups is 1. The highest BCUT2D eigenvalue weighted by atomic mass is 16.6. The highest BCUT2D eigenvalue weighted by Gasteiger charge is 2.21. The normalized spacial score (nSPS) is 15.5. The van der Waals surface area contributed by atoms with E-state index < -0.39 is 16.9 Å². The molecule has 0 fully saturated rings. The molecule has 1 N–H and O–H groups in total. The molecule has 3 rings (SSSR count). The molecule has 0 spiro atoms. The van der Waals surface area contributed by atoms with Crippen molar-refractivity contribution >= 4 is 17.3 Å². The Labute approximate surface area is 149 Å². The summed E-state index contributed by atoms with van der Waals surface area (Å²) in [7, 11) is 0. The molecule has 0 aromatic heterocycles. The maximum Gasteiger partial charge on any atom is 0.310 e. The zero-order valence-corrected chi connectivity index (χ0v) is 14.0. The minimum absolute atomic E-state index is 0.0317. The van der Waals surface area contributed by atoms with Crippen molar-refractivity contribution in [1.29, 1.82) is 0 Å². The number of carbonyl (C=O) groups is 1. The van der Waals surface area contributed by atoms with E-state index in [1.807, 2.05) is 24.3 Å².